The van der Waals surface area contributed by atoms with Crippen LogP contribution in [0.4, 0.5) is 102 Å². The first kappa shape index (κ1) is 63.1. The summed E-state index contributed by atoms with van der Waals surface area (Å²) in [7, 11) is 0. The van der Waals surface area contributed by atoms with E-state index in [1.165, 1.54) is 0 Å². The summed E-state index contributed by atoms with van der Waals surface area (Å²) in [6.45, 7) is 0. The molecule has 0 aliphatic heterocycles. The normalized spacial score (nSPS) is 10.9. The van der Waals surface area contributed by atoms with E-state index in [1.54, 1.807) is 0 Å². The van der Waals surface area contributed by atoms with Gasteiger partial charge in [0.25, 0.3) is 0 Å². The molecule has 0 amide bonds. The van der Waals surface area contributed by atoms with E-state index in [-0.39, 0.29) is 0 Å². The molecular formula is C96H72N6. The first-order valence-corrected chi connectivity index (χ1v) is 34.6. The quantitative estimate of drug-likeness (QED) is 0.0709. The summed E-state index contributed by atoms with van der Waals surface area (Å²) in [6, 6.07) is 156. The highest BCUT2D eigenvalue weighted by Gasteiger charge is 2.24. The van der Waals surface area contributed by atoms with E-state index in [0.29, 0.717) is 0 Å². The number of benzene rings is 16. The van der Waals surface area contributed by atoms with Crippen molar-refractivity contribution in [2.45, 2.75) is 0 Å². The van der Waals surface area contributed by atoms with Crippen molar-refractivity contribution < 1.29 is 0 Å². The van der Waals surface area contributed by atoms with E-state index in [4.69, 9.17) is 0 Å². The number of hydrogen-bond donors (Lipinski definition) is 0. The second-order valence-corrected chi connectivity index (χ2v) is 25.0. The highest BCUT2D eigenvalue weighted by atomic mass is 15.2. The molecule has 16 aromatic carbocycles. The fraction of sp³-hybridized carbons (Fsp3) is 0. The molecule has 0 heterocycles. The molecule has 16 rings (SSSR count). The Hall–Kier alpha value is -13.7. The predicted octanol–water partition coefficient (Wildman–Crippen LogP) is 27.5. The highest BCUT2D eigenvalue weighted by Crippen LogP contribution is 2.48. The van der Waals surface area contributed by atoms with Crippen molar-refractivity contribution in [3.8, 4) is 33.4 Å². The second kappa shape index (κ2) is 29.6. The third-order valence-corrected chi connectivity index (χ3v) is 18.5. The predicted molar refractivity (Wildman–Crippen MR) is 431 cm³/mol. The van der Waals surface area contributed by atoms with Crippen LogP contribution in [0, 0.1) is 0 Å². The SMILES string of the molecule is c1ccc(N(c2ccccc2)c2ccc(-c3ccc(N(c4ccccc4)c4cc(N(c5ccccc5)c5ccc(-c6ccc(N(c7ccccc7)c7ccccc7)cc6)cc5)cc(N(c5ccccc5)c5ccc(-c6ccc(N(c7ccccc7)c7ccccc7)cc6)cc5)c4)cc3)cc2)cc1. The smallest absolute Gasteiger partial charge is 0.0503 e. The van der Waals surface area contributed by atoms with Crippen LogP contribution in [0.15, 0.2) is 437 Å². The summed E-state index contributed by atoms with van der Waals surface area (Å²) < 4.78 is 0. The molecule has 6 heteroatoms. The van der Waals surface area contributed by atoms with Gasteiger partial charge in [0.2, 0.25) is 0 Å². The Morgan fingerprint density at radius 3 is 0.304 bits per heavy atom. The molecule has 102 heavy (non-hydrogen) atoms. The van der Waals surface area contributed by atoms with Gasteiger partial charge in [-0.2, -0.15) is 0 Å². The topological polar surface area (TPSA) is 19.4 Å². The molecule has 0 N–H and O–H groups in total. The maximum Gasteiger partial charge on any atom is 0.0503 e. The van der Waals surface area contributed by atoms with Crippen molar-refractivity contribution in [2.75, 3.05) is 29.4 Å². The molecule has 0 radical (unpaired) electrons. The standard InChI is InChI=1S/C96H72N6/c1-10-28-79(29-11-1)97(80-30-12-2-13-31-80)88-58-46-73(47-59-88)76-52-64-91(65-53-76)100(85-40-22-7-23-41-85)94-70-95(101(86-42-24-8-25-43-86)92-66-54-77(55-67-92)74-48-60-89(61-49-74)98(81-32-14-3-15-33-81)82-34-16-4-17-35-82)72-96(71-94)102(87-44-26-9-27-45-87)93-68-56-78(57-69-93)75-50-62-90(63-51-75)99(83-36-18-5-19-37-83)84-38-20-6-21-39-84/h1-72H. The Balaban J connectivity index is 0.800. The zero-order valence-corrected chi connectivity index (χ0v) is 56.3. The number of nitrogens with zero attached hydrogens (tertiary/aromatic N) is 6. The Bertz CT molecular complexity index is 4640. The van der Waals surface area contributed by atoms with Crippen LogP contribution in [-0.4, -0.2) is 0 Å². The summed E-state index contributed by atoms with van der Waals surface area (Å²) in [4.78, 5) is 14.1. The fourth-order valence-corrected chi connectivity index (χ4v) is 13.7. The van der Waals surface area contributed by atoms with Crippen LogP contribution >= 0.6 is 0 Å². The summed E-state index contributed by atoms with van der Waals surface area (Å²) in [5.41, 5.74) is 25.6. The van der Waals surface area contributed by atoms with E-state index in [2.05, 4.69) is 466 Å². The molecule has 0 fully saturated rings. The molecule has 0 unspecified atom stereocenters. The monoisotopic (exact) mass is 1310 g/mol. The largest absolute Gasteiger partial charge is 0.311 e. The van der Waals surface area contributed by atoms with Crippen LogP contribution in [0.1, 0.15) is 0 Å². The maximum atomic E-state index is 2.39. The third kappa shape index (κ3) is 13.7. The number of hydrogen-bond acceptors (Lipinski definition) is 6. The summed E-state index contributed by atoms with van der Waals surface area (Å²) in [5.74, 6) is 0. The van der Waals surface area contributed by atoms with Crippen molar-refractivity contribution >= 4 is 102 Å². The Morgan fingerprint density at radius 2 is 0.186 bits per heavy atom. The van der Waals surface area contributed by atoms with Crippen LogP contribution < -0.4 is 29.4 Å². The first-order valence-electron chi connectivity index (χ1n) is 34.6. The fourth-order valence-electron chi connectivity index (χ4n) is 13.7. The summed E-state index contributed by atoms with van der Waals surface area (Å²) in [5, 5.41) is 0. The Kier molecular flexibility index (Phi) is 18.3. The lowest BCUT2D eigenvalue weighted by Crippen LogP contribution is -2.16. The van der Waals surface area contributed by atoms with Crippen LogP contribution in [0.25, 0.3) is 33.4 Å². The van der Waals surface area contributed by atoms with Gasteiger partial charge in [-0.25, -0.2) is 0 Å². The first-order chi connectivity index (χ1) is 50.6. The van der Waals surface area contributed by atoms with Gasteiger partial charge in [0.1, 0.15) is 0 Å². The molecule has 0 saturated heterocycles. The van der Waals surface area contributed by atoms with E-state index in [0.717, 1.165) is 136 Å². The molecule has 16 aromatic rings. The van der Waals surface area contributed by atoms with Crippen molar-refractivity contribution in [1.82, 2.24) is 0 Å². The van der Waals surface area contributed by atoms with Crippen LogP contribution in [0.3, 0.4) is 0 Å². The third-order valence-electron chi connectivity index (χ3n) is 18.5. The molecule has 0 spiro atoms. The molecular weight excluding hydrogens is 1240 g/mol. The number of anilines is 18. The molecule has 0 atom stereocenters. The molecule has 0 bridgehead atoms. The highest BCUT2D eigenvalue weighted by molar-refractivity contribution is 5.91. The zero-order chi connectivity index (χ0) is 68.2. The van der Waals surface area contributed by atoms with Crippen molar-refractivity contribution in [1.29, 1.82) is 0 Å². The maximum absolute atomic E-state index is 2.39. The molecule has 0 aliphatic rings. The molecule has 486 valence electrons. The minimum atomic E-state index is 0.975. The van der Waals surface area contributed by atoms with Gasteiger partial charge in [-0.05, 0) is 234 Å². The van der Waals surface area contributed by atoms with Gasteiger partial charge >= 0.3 is 0 Å². The van der Waals surface area contributed by atoms with Gasteiger partial charge in [0, 0.05) is 85.3 Å². The average molecular weight is 1310 g/mol. The Labute approximate surface area is 598 Å². The van der Waals surface area contributed by atoms with Gasteiger partial charge in [-0.3, -0.25) is 0 Å². The minimum absolute atomic E-state index is 0.975. The van der Waals surface area contributed by atoms with E-state index < -0.39 is 0 Å². The molecule has 0 saturated carbocycles. The van der Waals surface area contributed by atoms with Gasteiger partial charge in [-0.1, -0.05) is 237 Å². The van der Waals surface area contributed by atoms with Crippen molar-refractivity contribution in [2.24, 2.45) is 0 Å². The van der Waals surface area contributed by atoms with Gasteiger partial charge in [0.15, 0.2) is 0 Å². The van der Waals surface area contributed by atoms with E-state index in [1.807, 2.05) is 0 Å². The number of para-hydroxylation sites is 9. The van der Waals surface area contributed by atoms with Gasteiger partial charge in [0.05, 0.1) is 17.1 Å². The zero-order valence-electron chi connectivity index (χ0n) is 56.3. The average Bonchev–Trinajstić information content (AvgIpc) is 0.795. The van der Waals surface area contributed by atoms with Gasteiger partial charge < -0.3 is 29.4 Å². The Morgan fingerprint density at radius 1 is 0.0882 bits per heavy atom. The lowest BCUT2D eigenvalue weighted by Gasteiger charge is -2.33. The van der Waals surface area contributed by atoms with Crippen LogP contribution in [0.5, 0.6) is 0 Å². The van der Waals surface area contributed by atoms with Crippen LogP contribution in [-0.2, 0) is 0 Å². The minimum Gasteiger partial charge on any atom is -0.311 e. The molecule has 0 aromatic heterocycles. The second-order valence-electron chi connectivity index (χ2n) is 25.0. The number of rotatable bonds is 21. The van der Waals surface area contributed by atoms with E-state index >= 15 is 0 Å². The van der Waals surface area contributed by atoms with Crippen LogP contribution in [0.2, 0.25) is 0 Å². The van der Waals surface area contributed by atoms with Crippen molar-refractivity contribution in [3.05, 3.63) is 437 Å². The molecule has 6 nitrogen and oxygen atoms in total. The van der Waals surface area contributed by atoms with E-state index in [9.17, 15) is 0 Å². The molecule has 0 aliphatic carbocycles. The summed E-state index contributed by atoms with van der Waals surface area (Å²) in [6.07, 6.45) is 0. The van der Waals surface area contributed by atoms with Gasteiger partial charge in [-0.15, -0.1) is 0 Å². The summed E-state index contributed by atoms with van der Waals surface area (Å²) >= 11 is 0. The lowest BCUT2D eigenvalue weighted by molar-refractivity contribution is 1.22. The van der Waals surface area contributed by atoms with Crippen molar-refractivity contribution in [3.63, 3.8) is 0 Å². The lowest BCUT2D eigenvalue weighted by atomic mass is 10.0.